The molecular weight excluding hydrogens is 492 g/mol. The molecule has 1 N–H and O–H groups in total. The van der Waals surface area contributed by atoms with Crippen LogP contribution >= 0.6 is 0 Å². The molecule has 1 amide bonds. The number of carbonyl (C=O) groups is 2. The molecular formula is C25H21F6NO4. The lowest BCUT2D eigenvalue weighted by Gasteiger charge is -2.23. The molecule has 1 saturated heterocycles. The molecule has 0 spiro atoms. The summed E-state index contributed by atoms with van der Waals surface area (Å²) >= 11 is 0. The lowest BCUT2D eigenvalue weighted by atomic mass is 9.86. The third-order valence-electron chi connectivity index (χ3n) is 5.58. The second-order valence-corrected chi connectivity index (χ2v) is 8.10. The topological polar surface area (TPSA) is 64.6 Å². The Balaban J connectivity index is 1.93. The lowest BCUT2D eigenvalue weighted by molar-refractivity contribution is -0.151. The van der Waals surface area contributed by atoms with E-state index < -0.39 is 52.9 Å². The van der Waals surface area contributed by atoms with Crippen molar-refractivity contribution >= 4 is 11.9 Å². The Hall–Kier alpha value is -3.68. The van der Waals surface area contributed by atoms with Crippen LogP contribution in [0.15, 0.2) is 48.5 Å². The largest absolute Gasteiger partial charge is 0.465 e. The first kappa shape index (κ1) is 26.9. The Bertz CT molecular complexity index is 1150. The third-order valence-corrected chi connectivity index (χ3v) is 5.58. The maximum Gasteiger partial charge on any atom is 0.416 e. The van der Waals surface area contributed by atoms with Gasteiger partial charge in [0.2, 0.25) is 5.91 Å². The number of esters is 1. The van der Waals surface area contributed by atoms with E-state index in [-0.39, 0.29) is 24.7 Å². The highest BCUT2D eigenvalue weighted by atomic mass is 19.4. The first-order valence-electron chi connectivity index (χ1n) is 10.8. The van der Waals surface area contributed by atoms with Gasteiger partial charge in [0.15, 0.2) is 0 Å². The van der Waals surface area contributed by atoms with Crippen molar-refractivity contribution in [1.82, 2.24) is 5.32 Å². The van der Waals surface area contributed by atoms with Gasteiger partial charge in [0, 0.05) is 6.42 Å². The summed E-state index contributed by atoms with van der Waals surface area (Å²) in [7, 11) is 0. The lowest BCUT2D eigenvalue weighted by Crippen LogP contribution is -2.37. The molecule has 1 fully saturated rings. The van der Waals surface area contributed by atoms with Gasteiger partial charge in [-0.2, -0.15) is 26.3 Å². The fourth-order valence-corrected chi connectivity index (χ4v) is 3.73. The van der Waals surface area contributed by atoms with E-state index >= 15 is 0 Å². The Morgan fingerprint density at radius 3 is 2.19 bits per heavy atom. The molecule has 0 aromatic heterocycles. The Labute approximate surface area is 202 Å². The van der Waals surface area contributed by atoms with Crippen LogP contribution in [-0.2, 0) is 37.0 Å². The zero-order valence-electron chi connectivity index (χ0n) is 19.1. The van der Waals surface area contributed by atoms with E-state index in [0.29, 0.717) is 17.7 Å². The van der Waals surface area contributed by atoms with Gasteiger partial charge in [0.25, 0.3) is 0 Å². The fraction of sp³-hybridized carbons (Fsp3) is 0.360. The molecule has 5 nitrogen and oxygen atoms in total. The number of nitrogens with one attached hydrogen (secondary N) is 1. The maximum atomic E-state index is 13.2. The normalized spacial score (nSPS) is 20.7. The van der Waals surface area contributed by atoms with Crippen LogP contribution in [0.1, 0.15) is 48.6 Å². The van der Waals surface area contributed by atoms with Crippen molar-refractivity contribution in [2.45, 2.75) is 44.3 Å². The van der Waals surface area contributed by atoms with E-state index in [1.54, 1.807) is 37.3 Å². The van der Waals surface area contributed by atoms with Gasteiger partial charge in [-0.15, -0.1) is 0 Å². The predicted octanol–water partition coefficient (Wildman–Crippen LogP) is 5.36. The number of hydrogen-bond acceptors (Lipinski definition) is 4. The highest BCUT2D eigenvalue weighted by Gasteiger charge is 2.48. The molecule has 0 radical (unpaired) electrons. The molecule has 0 bridgehead atoms. The predicted molar refractivity (Wildman–Crippen MR) is 115 cm³/mol. The molecule has 36 heavy (non-hydrogen) atoms. The molecule has 0 saturated carbocycles. The molecule has 1 aliphatic heterocycles. The van der Waals surface area contributed by atoms with E-state index in [9.17, 15) is 35.9 Å². The Morgan fingerprint density at radius 2 is 1.67 bits per heavy atom. The van der Waals surface area contributed by atoms with Gasteiger partial charge in [-0.1, -0.05) is 30.3 Å². The van der Waals surface area contributed by atoms with E-state index in [4.69, 9.17) is 9.47 Å². The summed E-state index contributed by atoms with van der Waals surface area (Å²) in [4.78, 5) is 24.7. The number of benzene rings is 2. The second kappa shape index (κ2) is 10.1. The zero-order chi connectivity index (χ0) is 26.7. The quantitative estimate of drug-likeness (QED) is 0.253. The van der Waals surface area contributed by atoms with Crippen molar-refractivity contribution in [3.05, 3.63) is 70.8 Å². The van der Waals surface area contributed by atoms with Crippen molar-refractivity contribution < 1.29 is 45.4 Å². The SMILES string of the molecule is CCOC(=O)C1C[C@@](C#CO[C@H](C)c2cc(C(F)(F)F)cc(C(F)(F)F)c2)(c2ccccc2)NC1=O. The highest BCUT2D eigenvalue weighted by Crippen LogP contribution is 2.38. The number of amides is 1. The van der Waals surface area contributed by atoms with Crippen LogP contribution in [0.4, 0.5) is 26.3 Å². The van der Waals surface area contributed by atoms with Crippen molar-refractivity contribution in [3.8, 4) is 12.0 Å². The van der Waals surface area contributed by atoms with Crippen LogP contribution in [0, 0.1) is 17.9 Å². The second-order valence-electron chi connectivity index (χ2n) is 8.10. The average molecular weight is 513 g/mol. The maximum absolute atomic E-state index is 13.2. The van der Waals surface area contributed by atoms with Crippen LogP contribution in [0.2, 0.25) is 0 Å². The van der Waals surface area contributed by atoms with Gasteiger partial charge in [-0.3, -0.25) is 9.59 Å². The summed E-state index contributed by atoms with van der Waals surface area (Å²) in [6.45, 7) is 2.89. The van der Waals surface area contributed by atoms with Crippen molar-refractivity contribution in [2.75, 3.05) is 6.61 Å². The average Bonchev–Trinajstić information content (AvgIpc) is 3.16. The summed E-state index contributed by atoms with van der Waals surface area (Å²) < 4.78 is 89.3. The molecule has 3 rings (SSSR count). The Kier molecular flexibility index (Phi) is 7.57. The zero-order valence-corrected chi connectivity index (χ0v) is 19.1. The number of halogens is 6. The molecule has 192 valence electrons. The minimum absolute atomic E-state index is 0.0237. The summed E-state index contributed by atoms with van der Waals surface area (Å²) in [5, 5.41) is 2.65. The summed E-state index contributed by atoms with van der Waals surface area (Å²) in [6.07, 6.45) is -9.09. The first-order valence-corrected chi connectivity index (χ1v) is 10.8. The fourth-order valence-electron chi connectivity index (χ4n) is 3.73. The summed E-state index contributed by atoms with van der Waals surface area (Å²) in [6, 6.07) is 9.50. The van der Waals surface area contributed by atoms with Gasteiger partial charge in [-0.05, 0) is 49.1 Å². The van der Waals surface area contributed by atoms with Crippen LogP contribution in [0.5, 0.6) is 0 Å². The molecule has 3 atom stereocenters. The van der Waals surface area contributed by atoms with Gasteiger partial charge in [-0.25, -0.2) is 0 Å². The van der Waals surface area contributed by atoms with E-state index in [1.807, 2.05) is 0 Å². The molecule has 1 aliphatic rings. The van der Waals surface area contributed by atoms with Gasteiger partial charge < -0.3 is 14.8 Å². The summed E-state index contributed by atoms with van der Waals surface area (Å²) in [5.41, 5.74) is -4.22. The van der Waals surface area contributed by atoms with Crippen molar-refractivity contribution in [2.24, 2.45) is 5.92 Å². The molecule has 2 aromatic rings. The minimum atomic E-state index is -5.00. The highest BCUT2D eigenvalue weighted by molar-refractivity contribution is 6.00. The van der Waals surface area contributed by atoms with Gasteiger partial charge in [0.05, 0.1) is 17.7 Å². The van der Waals surface area contributed by atoms with Crippen LogP contribution in [-0.4, -0.2) is 18.5 Å². The number of alkyl halides is 6. The van der Waals surface area contributed by atoms with Gasteiger partial charge in [0.1, 0.15) is 23.7 Å². The molecule has 2 aromatic carbocycles. The Morgan fingerprint density at radius 1 is 1.08 bits per heavy atom. The standard InChI is InChI=1S/C25H21F6NO4/c1-3-35-22(34)20-14-23(32-21(20)33,17-7-5-4-6-8-17)9-10-36-15(2)16-11-18(24(26,27)28)13-19(12-16)25(29,30)31/h4-8,11-13,15,20H,3,14H2,1-2H3,(H,32,33)/t15-,20?,23+/m1/s1. The van der Waals surface area contributed by atoms with Gasteiger partial charge >= 0.3 is 18.3 Å². The van der Waals surface area contributed by atoms with Crippen LogP contribution < -0.4 is 5.32 Å². The summed E-state index contributed by atoms with van der Waals surface area (Å²) in [5.74, 6) is 0.170. The van der Waals surface area contributed by atoms with E-state index in [0.717, 1.165) is 0 Å². The number of hydrogen-bond donors (Lipinski definition) is 1. The van der Waals surface area contributed by atoms with Crippen molar-refractivity contribution in [3.63, 3.8) is 0 Å². The van der Waals surface area contributed by atoms with Crippen LogP contribution in [0.3, 0.4) is 0 Å². The monoisotopic (exact) mass is 513 g/mol. The minimum Gasteiger partial charge on any atom is -0.465 e. The molecule has 11 heteroatoms. The number of rotatable bonds is 5. The molecule has 0 aliphatic carbocycles. The third kappa shape index (κ3) is 5.93. The first-order chi connectivity index (χ1) is 16.8. The number of carbonyl (C=O) groups excluding carboxylic acids is 2. The van der Waals surface area contributed by atoms with Crippen LogP contribution in [0.25, 0.3) is 0 Å². The molecule has 1 heterocycles. The smallest absolute Gasteiger partial charge is 0.416 e. The van der Waals surface area contributed by atoms with Crippen molar-refractivity contribution in [1.29, 1.82) is 0 Å². The van der Waals surface area contributed by atoms with E-state index in [1.165, 1.54) is 6.92 Å². The molecule has 1 unspecified atom stereocenters. The van der Waals surface area contributed by atoms with E-state index in [2.05, 4.69) is 17.3 Å². The number of ether oxygens (including phenoxy) is 2.